The number of hydrogen-bond donors (Lipinski definition) is 1. The fourth-order valence-electron chi connectivity index (χ4n) is 1.41. The van der Waals surface area contributed by atoms with Gasteiger partial charge in [0.15, 0.2) is 0 Å². The van der Waals surface area contributed by atoms with Crippen LogP contribution in [-0.4, -0.2) is 4.98 Å². The lowest BCUT2D eigenvalue weighted by Crippen LogP contribution is -2.13. The van der Waals surface area contributed by atoms with Crippen LogP contribution in [0.2, 0.25) is 10.0 Å². The Hall–Kier alpha value is -1.09. The van der Waals surface area contributed by atoms with Gasteiger partial charge in [-0.15, -0.1) is 0 Å². The van der Waals surface area contributed by atoms with Gasteiger partial charge in [0.2, 0.25) is 0 Å². The molecule has 0 bridgehead atoms. The molecular formula is C12H10Cl2N2. The number of hydrogen-bond acceptors (Lipinski definition) is 2. The van der Waals surface area contributed by atoms with Gasteiger partial charge in [0.25, 0.3) is 0 Å². The molecule has 2 aromatic rings. The first-order valence-electron chi connectivity index (χ1n) is 4.79. The molecule has 0 saturated heterocycles. The standard InChI is InChI=1S/C12H10Cl2N2/c13-9-3-1-8(2-4-9)12(15)11-6-5-10(14)7-16-11/h1-7,12H,15H2. The Morgan fingerprint density at radius 1 is 0.938 bits per heavy atom. The van der Waals surface area contributed by atoms with Crippen LogP contribution in [0.4, 0.5) is 0 Å². The maximum atomic E-state index is 6.07. The third-order valence-corrected chi connectivity index (χ3v) is 2.77. The molecule has 2 nitrogen and oxygen atoms in total. The van der Waals surface area contributed by atoms with E-state index in [0.29, 0.717) is 10.0 Å². The Bertz CT molecular complexity index is 420. The molecule has 2 rings (SSSR count). The Balaban J connectivity index is 2.28. The molecule has 1 aromatic heterocycles. The summed E-state index contributed by atoms with van der Waals surface area (Å²) in [5.74, 6) is 0. The van der Waals surface area contributed by atoms with E-state index in [1.54, 1.807) is 12.3 Å². The van der Waals surface area contributed by atoms with Crippen molar-refractivity contribution in [3.8, 4) is 0 Å². The minimum Gasteiger partial charge on any atom is -0.319 e. The minimum absolute atomic E-state index is 0.255. The predicted octanol–water partition coefficient (Wildman–Crippen LogP) is 3.44. The van der Waals surface area contributed by atoms with E-state index in [1.165, 1.54) is 0 Å². The van der Waals surface area contributed by atoms with Crippen molar-refractivity contribution < 1.29 is 0 Å². The number of aromatic nitrogens is 1. The Morgan fingerprint density at radius 2 is 1.56 bits per heavy atom. The Kier molecular flexibility index (Phi) is 3.44. The van der Waals surface area contributed by atoms with Crippen LogP contribution in [0.25, 0.3) is 0 Å². The number of rotatable bonds is 2. The fraction of sp³-hybridized carbons (Fsp3) is 0.0833. The van der Waals surface area contributed by atoms with E-state index >= 15 is 0 Å². The third-order valence-electron chi connectivity index (χ3n) is 2.30. The fourth-order valence-corrected chi connectivity index (χ4v) is 1.65. The normalized spacial score (nSPS) is 12.4. The van der Waals surface area contributed by atoms with E-state index in [9.17, 15) is 0 Å². The first kappa shape index (κ1) is 11.4. The molecule has 1 heterocycles. The highest BCUT2D eigenvalue weighted by atomic mass is 35.5. The molecular weight excluding hydrogens is 243 g/mol. The van der Waals surface area contributed by atoms with Gasteiger partial charge in [0.05, 0.1) is 16.8 Å². The molecule has 0 amide bonds. The van der Waals surface area contributed by atoms with Gasteiger partial charge >= 0.3 is 0 Å². The zero-order valence-corrected chi connectivity index (χ0v) is 9.91. The SMILES string of the molecule is NC(c1ccc(Cl)cc1)c1ccc(Cl)cn1. The maximum absolute atomic E-state index is 6.07. The van der Waals surface area contributed by atoms with E-state index in [4.69, 9.17) is 28.9 Å². The van der Waals surface area contributed by atoms with E-state index < -0.39 is 0 Å². The summed E-state index contributed by atoms with van der Waals surface area (Å²) < 4.78 is 0. The molecule has 16 heavy (non-hydrogen) atoms. The van der Waals surface area contributed by atoms with Crippen LogP contribution in [0.3, 0.4) is 0 Å². The molecule has 4 heteroatoms. The molecule has 82 valence electrons. The molecule has 0 aliphatic rings. The van der Waals surface area contributed by atoms with Crippen LogP contribution in [-0.2, 0) is 0 Å². The first-order valence-corrected chi connectivity index (χ1v) is 5.55. The van der Waals surface area contributed by atoms with Crippen molar-refractivity contribution in [1.29, 1.82) is 0 Å². The van der Waals surface area contributed by atoms with Crippen molar-refractivity contribution >= 4 is 23.2 Å². The lowest BCUT2D eigenvalue weighted by atomic mass is 10.0. The number of pyridine rings is 1. The largest absolute Gasteiger partial charge is 0.319 e. The van der Waals surface area contributed by atoms with Gasteiger partial charge in [-0.05, 0) is 29.8 Å². The van der Waals surface area contributed by atoms with Crippen molar-refractivity contribution in [2.75, 3.05) is 0 Å². The summed E-state index contributed by atoms with van der Waals surface area (Å²) in [6.07, 6.45) is 1.59. The Morgan fingerprint density at radius 3 is 2.12 bits per heavy atom. The average molecular weight is 253 g/mol. The zero-order valence-electron chi connectivity index (χ0n) is 8.40. The lowest BCUT2D eigenvalue weighted by Gasteiger charge is -2.11. The summed E-state index contributed by atoms with van der Waals surface area (Å²) in [7, 11) is 0. The second-order valence-electron chi connectivity index (χ2n) is 3.43. The van der Waals surface area contributed by atoms with Crippen molar-refractivity contribution in [3.05, 3.63) is 63.9 Å². The number of nitrogens with two attached hydrogens (primary N) is 1. The van der Waals surface area contributed by atoms with Crippen molar-refractivity contribution in [2.45, 2.75) is 6.04 Å². The van der Waals surface area contributed by atoms with Crippen LogP contribution >= 0.6 is 23.2 Å². The van der Waals surface area contributed by atoms with Crippen molar-refractivity contribution in [1.82, 2.24) is 4.98 Å². The van der Waals surface area contributed by atoms with Gasteiger partial charge in [-0.1, -0.05) is 35.3 Å². The minimum atomic E-state index is -0.255. The smallest absolute Gasteiger partial charge is 0.0726 e. The molecule has 2 N–H and O–H groups in total. The van der Waals surface area contributed by atoms with Crippen molar-refractivity contribution in [2.24, 2.45) is 5.73 Å². The number of benzene rings is 1. The third kappa shape index (κ3) is 2.53. The van der Waals surface area contributed by atoms with E-state index in [1.807, 2.05) is 30.3 Å². The highest BCUT2D eigenvalue weighted by molar-refractivity contribution is 6.30. The summed E-state index contributed by atoms with van der Waals surface area (Å²) in [4.78, 5) is 4.19. The van der Waals surface area contributed by atoms with E-state index in [-0.39, 0.29) is 6.04 Å². The number of nitrogens with zero attached hydrogens (tertiary/aromatic N) is 1. The summed E-state index contributed by atoms with van der Waals surface area (Å²) >= 11 is 11.6. The molecule has 0 aliphatic carbocycles. The van der Waals surface area contributed by atoms with Gasteiger partial charge in [0.1, 0.15) is 0 Å². The predicted molar refractivity (Wildman–Crippen MR) is 66.7 cm³/mol. The molecule has 1 unspecified atom stereocenters. The Labute approximate surface area is 104 Å². The zero-order chi connectivity index (χ0) is 11.5. The average Bonchev–Trinajstić information content (AvgIpc) is 2.30. The van der Waals surface area contributed by atoms with Crippen LogP contribution in [0.5, 0.6) is 0 Å². The molecule has 0 radical (unpaired) electrons. The molecule has 0 spiro atoms. The van der Waals surface area contributed by atoms with Gasteiger partial charge in [-0.3, -0.25) is 4.98 Å². The topological polar surface area (TPSA) is 38.9 Å². The van der Waals surface area contributed by atoms with Crippen LogP contribution in [0, 0.1) is 0 Å². The highest BCUT2D eigenvalue weighted by Gasteiger charge is 2.09. The first-order chi connectivity index (χ1) is 7.66. The van der Waals surface area contributed by atoms with Crippen LogP contribution in [0.15, 0.2) is 42.6 Å². The van der Waals surface area contributed by atoms with Crippen LogP contribution in [0.1, 0.15) is 17.3 Å². The number of halogens is 2. The molecule has 0 aliphatic heterocycles. The maximum Gasteiger partial charge on any atom is 0.0726 e. The van der Waals surface area contributed by atoms with Crippen LogP contribution < -0.4 is 5.73 Å². The monoisotopic (exact) mass is 252 g/mol. The van der Waals surface area contributed by atoms with Gasteiger partial charge in [-0.25, -0.2) is 0 Å². The quantitative estimate of drug-likeness (QED) is 0.890. The van der Waals surface area contributed by atoms with E-state index in [2.05, 4.69) is 4.98 Å². The highest BCUT2D eigenvalue weighted by Crippen LogP contribution is 2.20. The summed E-state index contributed by atoms with van der Waals surface area (Å²) in [5.41, 5.74) is 7.82. The summed E-state index contributed by atoms with van der Waals surface area (Å²) in [5, 5.41) is 1.30. The van der Waals surface area contributed by atoms with Gasteiger partial charge < -0.3 is 5.73 Å². The van der Waals surface area contributed by atoms with Gasteiger partial charge in [-0.2, -0.15) is 0 Å². The second kappa shape index (κ2) is 4.83. The summed E-state index contributed by atoms with van der Waals surface area (Å²) in [6.45, 7) is 0. The second-order valence-corrected chi connectivity index (χ2v) is 4.30. The van der Waals surface area contributed by atoms with Crippen molar-refractivity contribution in [3.63, 3.8) is 0 Å². The molecule has 1 aromatic carbocycles. The van der Waals surface area contributed by atoms with E-state index in [0.717, 1.165) is 11.3 Å². The van der Waals surface area contributed by atoms with Gasteiger partial charge in [0, 0.05) is 11.2 Å². The molecule has 1 atom stereocenters. The molecule has 0 saturated carbocycles. The molecule has 0 fully saturated rings. The lowest BCUT2D eigenvalue weighted by molar-refractivity contribution is 0.829. The summed E-state index contributed by atoms with van der Waals surface area (Å²) in [6, 6.07) is 10.8.